The highest BCUT2D eigenvalue weighted by molar-refractivity contribution is 6.44. The van der Waals surface area contributed by atoms with Gasteiger partial charge in [-0.25, -0.2) is 0 Å². The van der Waals surface area contributed by atoms with Crippen LogP contribution >= 0.6 is 0 Å². The largest absolute Gasteiger partial charge is 0.480 e. The highest BCUT2D eigenvalue weighted by Crippen LogP contribution is 2.10. The number of methoxy groups -OCH3 is 1. The number of oxime groups is 1. The first kappa shape index (κ1) is 11.2. The summed E-state index contributed by atoms with van der Waals surface area (Å²) in [7, 11) is 2.88. The van der Waals surface area contributed by atoms with Crippen LogP contribution in [0.4, 0.5) is 0 Å². The van der Waals surface area contributed by atoms with Gasteiger partial charge in [-0.15, -0.1) is 0 Å². The Labute approximate surface area is 89.0 Å². The molecule has 4 heteroatoms. The second-order valence-electron chi connectivity index (χ2n) is 2.97. The molecule has 1 aromatic carbocycles. The van der Waals surface area contributed by atoms with Gasteiger partial charge in [0.15, 0.2) is 5.71 Å². The van der Waals surface area contributed by atoms with Crippen LogP contribution in [-0.4, -0.2) is 25.8 Å². The summed E-state index contributed by atoms with van der Waals surface area (Å²) < 4.78 is 4.85. The van der Waals surface area contributed by atoms with E-state index in [4.69, 9.17) is 15.0 Å². The van der Waals surface area contributed by atoms with Crippen molar-refractivity contribution in [1.82, 2.24) is 0 Å². The van der Waals surface area contributed by atoms with E-state index in [1.807, 2.05) is 31.2 Å². The van der Waals surface area contributed by atoms with Gasteiger partial charge < -0.3 is 9.57 Å². The number of nitrogens with one attached hydrogen (secondary N) is 1. The van der Waals surface area contributed by atoms with Crippen molar-refractivity contribution in [3.05, 3.63) is 35.4 Å². The first-order chi connectivity index (χ1) is 7.20. The van der Waals surface area contributed by atoms with Crippen LogP contribution in [0, 0.1) is 12.3 Å². The lowest BCUT2D eigenvalue weighted by molar-refractivity contribution is 0.213. The molecule has 0 aliphatic carbocycles. The summed E-state index contributed by atoms with van der Waals surface area (Å²) >= 11 is 0. The summed E-state index contributed by atoms with van der Waals surface area (Å²) in [6.45, 7) is 1.95. The molecule has 4 nitrogen and oxygen atoms in total. The molecular formula is C11H14N2O2. The fourth-order valence-corrected chi connectivity index (χ4v) is 1.24. The molecule has 0 aliphatic rings. The van der Waals surface area contributed by atoms with E-state index in [0.717, 1.165) is 11.1 Å². The molecule has 0 aromatic heterocycles. The Morgan fingerprint density at radius 3 is 2.47 bits per heavy atom. The summed E-state index contributed by atoms with van der Waals surface area (Å²) in [5, 5.41) is 11.4. The Hall–Kier alpha value is -1.84. The minimum Gasteiger partial charge on any atom is -0.480 e. The van der Waals surface area contributed by atoms with Crippen LogP contribution in [0.5, 0.6) is 0 Å². The van der Waals surface area contributed by atoms with E-state index in [1.165, 1.54) is 14.2 Å². The van der Waals surface area contributed by atoms with Gasteiger partial charge in [-0.3, -0.25) is 5.41 Å². The normalized spacial score (nSPS) is 11.0. The van der Waals surface area contributed by atoms with Gasteiger partial charge in [-0.2, -0.15) is 0 Å². The number of ether oxygens (including phenoxy) is 1. The molecule has 0 aliphatic heterocycles. The van der Waals surface area contributed by atoms with Gasteiger partial charge in [0.05, 0.1) is 7.11 Å². The van der Waals surface area contributed by atoms with Crippen molar-refractivity contribution < 1.29 is 9.57 Å². The van der Waals surface area contributed by atoms with E-state index in [-0.39, 0.29) is 5.90 Å². The van der Waals surface area contributed by atoms with Crippen LogP contribution in [0.15, 0.2) is 29.4 Å². The first-order valence-electron chi connectivity index (χ1n) is 4.50. The van der Waals surface area contributed by atoms with E-state index in [2.05, 4.69) is 5.16 Å². The van der Waals surface area contributed by atoms with Crippen LogP contribution in [-0.2, 0) is 9.57 Å². The quantitative estimate of drug-likeness (QED) is 0.467. The Morgan fingerprint density at radius 2 is 1.93 bits per heavy atom. The lowest BCUT2D eigenvalue weighted by Crippen LogP contribution is -2.17. The molecular weight excluding hydrogens is 192 g/mol. The minimum atomic E-state index is -0.00819. The fourth-order valence-electron chi connectivity index (χ4n) is 1.24. The third-order valence-electron chi connectivity index (χ3n) is 2.00. The van der Waals surface area contributed by atoms with Gasteiger partial charge in [-0.05, 0) is 12.5 Å². The summed E-state index contributed by atoms with van der Waals surface area (Å²) in [5.74, 6) is -0.00819. The number of aryl methyl sites for hydroxylation is 1. The molecule has 0 saturated carbocycles. The molecule has 0 amide bonds. The van der Waals surface area contributed by atoms with Crippen LogP contribution in [0.25, 0.3) is 0 Å². The van der Waals surface area contributed by atoms with Crippen LogP contribution < -0.4 is 0 Å². The van der Waals surface area contributed by atoms with Crippen LogP contribution in [0.2, 0.25) is 0 Å². The molecule has 0 atom stereocenters. The molecule has 0 heterocycles. The van der Waals surface area contributed by atoms with E-state index in [0.29, 0.717) is 5.71 Å². The van der Waals surface area contributed by atoms with Gasteiger partial charge in [0.1, 0.15) is 7.11 Å². The predicted molar refractivity (Wildman–Crippen MR) is 59.5 cm³/mol. The average molecular weight is 206 g/mol. The monoisotopic (exact) mass is 206 g/mol. The van der Waals surface area contributed by atoms with Crippen LogP contribution in [0.3, 0.4) is 0 Å². The van der Waals surface area contributed by atoms with Crippen molar-refractivity contribution in [3.63, 3.8) is 0 Å². The van der Waals surface area contributed by atoms with Gasteiger partial charge in [-0.1, -0.05) is 29.4 Å². The summed E-state index contributed by atoms with van der Waals surface area (Å²) in [5.41, 5.74) is 2.26. The Morgan fingerprint density at radius 1 is 1.27 bits per heavy atom. The third kappa shape index (κ3) is 2.56. The average Bonchev–Trinajstić information content (AvgIpc) is 2.26. The topological polar surface area (TPSA) is 54.7 Å². The second-order valence-corrected chi connectivity index (χ2v) is 2.97. The second kappa shape index (κ2) is 5.14. The molecule has 1 rings (SSSR count). The molecule has 0 saturated heterocycles. The predicted octanol–water partition coefficient (Wildman–Crippen LogP) is 1.97. The molecule has 1 aromatic rings. The highest BCUT2D eigenvalue weighted by atomic mass is 16.6. The van der Waals surface area contributed by atoms with Crippen molar-refractivity contribution in [2.24, 2.45) is 5.16 Å². The van der Waals surface area contributed by atoms with Crippen LogP contribution in [0.1, 0.15) is 11.1 Å². The summed E-state index contributed by atoms with van der Waals surface area (Å²) in [6, 6.07) is 7.64. The standard InChI is InChI=1S/C11H14N2O2/c1-8-6-4-5-7-9(8)10(13-15-3)11(12)14-2/h4-7,12H,1-3H3/b12-11?,13-10-. The molecule has 0 bridgehead atoms. The van der Waals surface area contributed by atoms with Gasteiger partial charge >= 0.3 is 0 Å². The number of hydrogen-bond donors (Lipinski definition) is 1. The number of benzene rings is 1. The van der Waals surface area contributed by atoms with Gasteiger partial charge in [0.2, 0.25) is 5.90 Å². The molecule has 15 heavy (non-hydrogen) atoms. The zero-order valence-electron chi connectivity index (χ0n) is 9.07. The molecule has 1 N–H and O–H groups in total. The van der Waals surface area contributed by atoms with E-state index >= 15 is 0 Å². The third-order valence-corrected chi connectivity index (χ3v) is 2.00. The fraction of sp³-hybridized carbons (Fsp3) is 0.273. The van der Waals surface area contributed by atoms with E-state index < -0.39 is 0 Å². The Bertz CT molecular complexity index is 386. The zero-order valence-corrected chi connectivity index (χ0v) is 9.07. The van der Waals surface area contributed by atoms with Gasteiger partial charge in [0.25, 0.3) is 0 Å². The molecule has 0 spiro atoms. The number of rotatable bonds is 3. The van der Waals surface area contributed by atoms with Gasteiger partial charge in [0, 0.05) is 5.56 Å². The molecule has 0 fully saturated rings. The lowest BCUT2D eigenvalue weighted by atomic mass is 10.0. The Balaban J connectivity index is 3.17. The maximum Gasteiger partial charge on any atom is 0.236 e. The molecule has 0 radical (unpaired) electrons. The lowest BCUT2D eigenvalue weighted by Gasteiger charge is -2.08. The van der Waals surface area contributed by atoms with Crippen molar-refractivity contribution in [2.75, 3.05) is 14.2 Å². The maximum atomic E-state index is 7.60. The van der Waals surface area contributed by atoms with Crippen molar-refractivity contribution in [3.8, 4) is 0 Å². The summed E-state index contributed by atoms with van der Waals surface area (Å²) in [6.07, 6.45) is 0. The van der Waals surface area contributed by atoms with E-state index in [1.54, 1.807) is 0 Å². The van der Waals surface area contributed by atoms with Crippen molar-refractivity contribution in [1.29, 1.82) is 5.41 Å². The van der Waals surface area contributed by atoms with Crippen molar-refractivity contribution >= 4 is 11.6 Å². The maximum absolute atomic E-state index is 7.60. The SMILES string of the molecule is CO/N=C(\C(=N)OC)c1ccccc1C. The number of nitrogens with zero attached hydrogens (tertiary/aromatic N) is 1. The Kier molecular flexibility index (Phi) is 3.85. The number of hydrogen-bond acceptors (Lipinski definition) is 4. The first-order valence-corrected chi connectivity index (χ1v) is 4.50. The minimum absolute atomic E-state index is 0.00819. The highest BCUT2D eigenvalue weighted by Gasteiger charge is 2.13. The van der Waals surface area contributed by atoms with Crippen molar-refractivity contribution in [2.45, 2.75) is 6.92 Å². The smallest absolute Gasteiger partial charge is 0.236 e. The molecule has 0 unspecified atom stereocenters. The zero-order chi connectivity index (χ0) is 11.3. The molecule has 80 valence electrons. The van der Waals surface area contributed by atoms with E-state index in [9.17, 15) is 0 Å². The summed E-state index contributed by atoms with van der Waals surface area (Å²) in [4.78, 5) is 4.70.